The molecule has 2 atom stereocenters. The van der Waals surface area contributed by atoms with E-state index in [0.717, 1.165) is 5.56 Å². The van der Waals surface area contributed by atoms with E-state index >= 15 is 0 Å². The molecule has 2 amide bonds. The highest BCUT2D eigenvalue weighted by atomic mass is 35.5. The molecule has 9 nitrogen and oxygen atoms in total. The van der Waals surface area contributed by atoms with Crippen molar-refractivity contribution in [1.82, 2.24) is 9.21 Å². The monoisotopic (exact) mass is 547 g/mol. The fraction of sp³-hybridized carbons (Fsp3) is 0.667. The van der Waals surface area contributed by atoms with Crippen LogP contribution in [0.15, 0.2) is 18.2 Å². The molecule has 1 unspecified atom stereocenters. The van der Waals surface area contributed by atoms with Crippen LogP contribution in [0.1, 0.15) is 57.9 Å². The van der Waals surface area contributed by atoms with E-state index in [1.54, 1.807) is 26.8 Å². The van der Waals surface area contributed by atoms with Crippen LogP contribution >= 0.6 is 11.6 Å². The summed E-state index contributed by atoms with van der Waals surface area (Å²) in [6, 6.07) is 4.15. The zero-order valence-electron chi connectivity index (χ0n) is 20.8. The Kier molecular flexibility index (Phi) is 8.91. The van der Waals surface area contributed by atoms with E-state index in [2.05, 4.69) is 0 Å². The first-order chi connectivity index (χ1) is 16.7. The van der Waals surface area contributed by atoms with E-state index in [4.69, 9.17) is 22.1 Å². The molecule has 0 bridgehead atoms. The Balaban J connectivity index is 1.64. The first-order valence-electron chi connectivity index (χ1n) is 12.1. The Hall–Kier alpha value is -1.95. The summed E-state index contributed by atoms with van der Waals surface area (Å²) in [6.07, 6.45) is -0.493. The van der Waals surface area contributed by atoms with E-state index in [9.17, 15) is 27.5 Å². The number of rotatable bonds is 6. The number of sulfonamides is 1. The molecule has 36 heavy (non-hydrogen) atoms. The lowest BCUT2D eigenvalue weighted by molar-refractivity contribution is -0.120. The Morgan fingerprint density at radius 2 is 1.72 bits per heavy atom. The molecule has 0 saturated carbocycles. The quantitative estimate of drug-likeness (QED) is 0.563. The van der Waals surface area contributed by atoms with Gasteiger partial charge >= 0.3 is 6.09 Å². The van der Waals surface area contributed by atoms with Gasteiger partial charge in [0, 0.05) is 31.2 Å². The van der Waals surface area contributed by atoms with Gasteiger partial charge in [0.05, 0.1) is 6.10 Å². The number of hydrogen-bond acceptors (Lipinski definition) is 6. The number of aliphatic hydroxyl groups is 1. The number of amides is 2. The van der Waals surface area contributed by atoms with E-state index in [-0.39, 0.29) is 32.1 Å². The van der Waals surface area contributed by atoms with Crippen molar-refractivity contribution in [3.63, 3.8) is 0 Å². The molecule has 2 aliphatic heterocycles. The van der Waals surface area contributed by atoms with Gasteiger partial charge in [-0.05, 0) is 76.0 Å². The minimum Gasteiger partial charge on any atom is -0.444 e. The topological polar surface area (TPSA) is 130 Å². The second-order valence-electron chi connectivity index (χ2n) is 10.5. The first kappa shape index (κ1) is 28.6. The van der Waals surface area contributed by atoms with Gasteiger partial charge < -0.3 is 20.5 Å². The number of nitrogens with zero attached hydrogens (tertiary/aromatic N) is 2. The number of carbonyl (C=O) groups is 2. The van der Waals surface area contributed by atoms with Crippen LogP contribution in [-0.2, 0) is 19.6 Å². The van der Waals surface area contributed by atoms with Crippen LogP contribution in [0, 0.1) is 11.7 Å². The summed E-state index contributed by atoms with van der Waals surface area (Å²) in [5.41, 5.74) is 5.60. The van der Waals surface area contributed by atoms with Crippen molar-refractivity contribution < 1.29 is 32.2 Å². The third kappa shape index (κ3) is 6.67. The van der Waals surface area contributed by atoms with Gasteiger partial charge in [-0.3, -0.25) is 4.79 Å². The summed E-state index contributed by atoms with van der Waals surface area (Å²) in [5.74, 6) is -2.13. The molecule has 0 radical (unpaired) electrons. The average molecular weight is 548 g/mol. The van der Waals surface area contributed by atoms with Gasteiger partial charge in [-0.1, -0.05) is 17.7 Å². The first-order valence-corrected chi connectivity index (χ1v) is 14.0. The predicted molar refractivity (Wildman–Crippen MR) is 133 cm³/mol. The van der Waals surface area contributed by atoms with Gasteiger partial charge in [0.15, 0.2) is 5.25 Å². The largest absolute Gasteiger partial charge is 0.444 e. The lowest BCUT2D eigenvalue weighted by Crippen LogP contribution is -2.56. The number of piperidine rings is 2. The number of hydrogen-bond donors (Lipinski definition) is 2. The number of nitrogens with two attached hydrogens (primary N) is 1. The molecule has 0 aromatic heterocycles. The number of carbonyl (C=O) groups excluding carboxylic acids is 2. The predicted octanol–water partition coefficient (Wildman–Crippen LogP) is 2.85. The molecule has 0 aliphatic carbocycles. The van der Waals surface area contributed by atoms with Gasteiger partial charge in [0.25, 0.3) is 0 Å². The average Bonchev–Trinajstić information content (AvgIpc) is 2.78. The van der Waals surface area contributed by atoms with Crippen molar-refractivity contribution in [3.8, 4) is 0 Å². The van der Waals surface area contributed by atoms with Crippen LogP contribution < -0.4 is 5.73 Å². The number of primary amides is 1. The minimum absolute atomic E-state index is 0.0568. The summed E-state index contributed by atoms with van der Waals surface area (Å²) in [7, 11) is -4.24. The summed E-state index contributed by atoms with van der Waals surface area (Å²) in [6.45, 7) is 6.07. The molecule has 0 spiro atoms. The van der Waals surface area contributed by atoms with Crippen LogP contribution in [0.25, 0.3) is 0 Å². The number of benzene rings is 1. The van der Waals surface area contributed by atoms with Crippen LogP contribution in [0.2, 0.25) is 5.02 Å². The normalized spacial score (nSPS) is 20.7. The van der Waals surface area contributed by atoms with Crippen molar-refractivity contribution in [2.45, 2.75) is 69.3 Å². The summed E-state index contributed by atoms with van der Waals surface area (Å²) < 4.78 is 46.7. The van der Waals surface area contributed by atoms with Gasteiger partial charge in [0.2, 0.25) is 15.9 Å². The molecule has 1 aromatic rings. The van der Waals surface area contributed by atoms with E-state index in [1.165, 1.54) is 21.3 Å². The number of ether oxygens (including phenoxy) is 1. The third-order valence-corrected chi connectivity index (χ3v) is 9.37. The van der Waals surface area contributed by atoms with Gasteiger partial charge in [-0.15, -0.1) is 0 Å². The maximum Gasteiger partial charge on any atom is 0.410 e. The van der Waals surface area contributed by atoms with Crippen molar-refractivity contribution in [3.05, 3.63) is 34.6 Å². The second kappa shape index (κ2) is 11.2. The van der Waals surface area contributed by atoms with Gasteiger partial charge in [0.1, 0.15) is 11.4 Å². The standard InChI is InChI=1S/C24H35ClFN3O6S/c1-24(2,3)35-23(32)28-10-6-16(7-11-28)20(30)21(22(27)31)36(33,34)29-12-8-15(9-13-29)18-5-4-17(26)14-19(18)25/h4-5,14-16,20-21,30H,6-13H2,1-3H3,(H2,27,31)/t20?,21-/m1/s1. The van der Waals surface area contributed by atoms with Gasteiger partial charge in [-0.2, -0.15) is 0 Å². The zero-order chi connectivity index (χ0) is 26.8. The highest BCUT2D eigenvalue weighted by Gasteiger charge is 2.46. The fourth-order valence-electron chi connectivity index (χ4n) is 4.90. The van der Waals surface area contributed by atoms with Crippen LogP contribution in [0.3, 0.4) is 0 Å². The summed E-state index contributed by atoms with van der Waals surface area (Å²) >= 11 is 6.17. The lowest BCUT2D eigenvalue weighted by Gasteiger charge is -2.38. The Morgan fingerprint density at radius 1 is 1.14 bits per heavy atom. The molecule has 2 saturated heterocycles. The second-order valence-corrected chi connectivity index (χ2v) is 13.0. The van der Waals surface area contributed by atoms with Crippen LogP contribution in [0.5, 0.6) is 0 Å². The maximum absolute atomic E-state index is 13.4. The molecule has 2 heterocycles. The highest BCUT2D eigenvalue weighted by molar-refractivity contribution is 7.90. The molecular formula is C24H35ClFN3O6S. The van der Waals surface area contributed by atoms with Crippen molar-refractivity contribution in [2.75, 3.05) is 26.2 Å². The number of halogens is 2. The maximum atomic E-state index is 13.4. The van der Waals surface area contributed by atoms with Crippen molar-refractivity contribution >= 4 is 33.6 Å². The van der Waals surface area contributed by atoms with Crippen LogP contribution in [0.4, 0.5) is 9.18 Å². The molecule has 1 aromatic carbocycles. The number of likely N-dealkylation sites (tertiary alicyclic amines) is 1. The van der Waals surface area contributed by atoms with Crippen LogP contribution in [-0.4, -0.2) is 77.9 Å². The molecule has 202 valence electrons. The highest BCUT2D eigenvalue weighted by Crippen LogP contribution is 2.35. The Bertz CT molecular complexity index is 1060. The van der Waals surface area contributed by atoms with Gasteiger partial charge in [-0.25, -0.2) is 21.9 Å². The third-order valence-electron chi connectivity index (χ3n) is 6.80. The van der Waals surface area contributed by atoms with E-state index in [0.29, 0.717) is 30.7 Å². The molecule has 12 heteroatoms. The fourth-order valence-corrected chi connectivity index (χ4v) is 7.13. The SMILES string of the molecule is CC(C)(C)OC(=O)N1CCC(C(O)[C@H](C(N)=O)S(=O)(=O)N2CCC(c3ccc(F)cc3Cl)CC2)CC1. The molecular weight excluding hydrogens is 513 g/mol. The number of aliphatic hydroxyl groups excluding tert-OH is 1. The van der Waals surface area contributed by atoms with Crippen molar-refractivity contribution in [1.29, 1.82) is 0 Å². The van der Waals surface area contributed by atoms with E-state index < -0.39 is 50.7 Å². The Labute approximate surface area is 216 Å². The van der Waals surface area contributed by atoms with E-state index in [1.807, 2.05) is 0 Å². The lowest BCUT2D eigenvalue weighted by atomic mass is 9.89. The minimum atomic E-state index is -4.24. The molecule has 2 aliphatic rings. The Morgan fingerprint density at radius 3 is 2.22 bits per heavy atom. The molecule has 2 fully saturated rings. The summed E-state index contributed by atoms with van der Waals surface area (Å²) in [4.78, 5) is 26.1. The smallest absolute Gasteiger partial charge is 0.410 e. The zero-order valence-corrected chi connectivity index (χ0v) is 22.4. The molecule has 3 N–H and O–H groups in total. The molecule has 3 rings (SSSR count). The summed E-state index contributed by atoms with van der Waals surface area (Å²) in [5, 5.41) is 9.48. The van der Waals surface area contributed by atoms with Crippen molar-refractivity contribution in [2.24, 2.45) is 11.7 Å².